The summed E-state index contributed by atoms with van der Waals surface area (Å²) in [6.45, 7) is 1.11. The van der Waals surface area contributed by atoms with Crippen molar-refractivity contribution in [2.45, 2.75) is 6.04 Å². The Hall–Kier alpha value is -4.54. The highest BCUT2D eigenvalue weighted by Gasteiger charge is 2.28. The predicted octanol–water partition coefficient (Wildman–Crippen LogP) is 3.59. The number of nitrogens with zero attached hydrogens (tertiary/aromatic N) is 4. The maximum Gasteiger partial charge on any atom is 0.270 e. The molecule has 10 nitrogen and oxygen atoms in total. The number of nitrogens with one attached hydrogen (secondary N) is 3. The second-order valence-corrected chi connectivity index (χ2v) is 8.85. The number of anilines is 2. The molecule has 0 saturated carbocycles. The quantitative estimate of drug-likeness (QED) is 0.283. The van der Waals surface area contributed by atoms with E-state index in [0.29, 0.717) is 37.1 Å². The highest BCUT2D eigenvalue weighted by Crippen LogP contribution is 2.26. The van der Waals surface area contributed by atoms with Crippen LogP contribution in [0.3, 0.4) is 0 Å². The Morgan fingerprint density at radius 2 is 1.97 bits per heavy atom. The summed E-state index contributed by atoms with van der Waals surface area (Å²) in [4.78, 5) is 27.1. The van der Waals surface area contributed by atoms with E-state index in [1.165, 1.54) is 0 Å². The zero-order valence-corrected chi connectivity index (χ0v) is 19.9. The minimum Gasteiger partial charge on any atom is -0.394 e. The molecule has 0 spiro atoms. The van der Waals surface area contributed by atoms with Crippen molar-refractivity contribution in [2.75, 3.05) is 31.7 Å². The Morgan fingerprint density at radius 3 is 2.78 bits per heavy atom. The van der Waals surface area contributed by atoms with Crippen LogP contribution >= 0.6 is 0 Å². The molecule has 0 unspecified atom stereocenters. The summed E-state index contributed by atoms with van der Waals surface area (Å²) in [7, 11) is 0. The van der Waals surface area contributed by atoms with Gasteiger partial charge in [-0.1, -0.05) is 24.3 Å². The number of rotatable bonds is 6. The summed E-state index contributed by atoms with van der Waals surface area (Å²) in [5, 5.41) is 20.7. The van der Waals surface area contributed by atoms with Crippen LogP contribution in [-0.2, 0) is 4.74 Å². The molecule has 37 heavy (non-hydrogen) atoms. The van der Waals surface area contributed by atoms with Crippen molar-refractivity contribution in [1.29, 1.82) is 0 Å². The van der Waals surface area contributed by atoms with Gasteiger partial charge in [0.1, 0.15) is 11.5 Å². The number of hydrogen-bond donors (Lipinski definition) is 4. The molecule has 186 valence electrons. The van der Waals surface area contributed by atoms with Crippen molar-refractivity contribution in [3.05, 3.63) is 78.9 Å². The number of H-pyrrole nitrogens is 2. The number of aliphatic hydroxyl groups excluding tert-OH is 1. The molecule has 4 N–H and O–H groups in total. The van der Waals surface area contributed by atoms with Crippen LogP contribution in [0, 0.1) is 0 Å². The van der Waals surface area contributed by atoms with E-state index in [4.69, 9.17) is 4.74 Å². The Kier molecular flexibility index (Phi) is 6.09. The van der Waals surface area contributed by atoms with Crippen LogP contribution in [0.5, 0.6) is 0 Å². The first-order valence-corrected chi connectivity index (χ1v) is 12.0. The van der Waals surface area contributed by atoms with E-state index in [1.807, 2.05) is 60.8 Å². The van der Waals surface area contributed by atoms with Crippen LogP contribution in [0.2, 0.25) is 0 Å². The molecular weight excluding hydrogens is 470 g/mol. The molecule has 2 aromatic carbocycles. The van der Waals surface area contributed by atoms with E-state index in [-0.39, 0.29) is 18.6 Å². The van der Waals surface area contributed by atoms with Gasteiger partial charge >= 0.3 is 0 Å². The van der Waals surface area contributed by atoms with Crippen molar-refractivity contribution < 1.29 is 14.6 Å². The molecule has 4 heterocycles. The lowest BCUT2D eigenvalue weighted by atomic mass is 10.1. The molecule has 3 aromatic heterocycles. The maximum atomic E-state index is 13.1. The molecule has 1 fully saturated rings. The number of carbonyl (C=O) groups is 1. The molecular formula is C27H25N7O3. The molecule has 0 radical (unpaired) electrons. The number of hydrogen-bond acceptors (Lipinski definition) is 7. The lowest BCUT2D eigenvalue weighted by molar-refractivity contribution is -0.0186. The third-order valence-corrected chi connectivity index (χ3v) is 6.45. The molecule has 1 aliphatic rings. The Labute approximate surface area is 212 Å². The number of morpholine rings is 1. The van der Waals surface area contributed by atoms with Crippen LogP contribution < -0.4 is 5.32 Å². The Bertz CT molecular complexity index is 1530. The van der Waals surface area contributed by atoms with E-state index >= 15 is 0 Å². The van der Waals surface area contributed by atoms with Crippen molar-refractivity contribution in [3.8, 4) is 22.5 Å². The van der Waals surface area contributed by atoms with Crippen LogP contribution in [0.15, 0.2) is 73.2 Å². The standard InChI is InChI=1S/C27H25N7O3/c35-15-22-16-37-10-9-34(22)27(36)24-11-18-1-2-19(12-23(18)32-24)26-28-8-7-25(33-26)31-21-5-3-17(4-6-21)20-13-29-30-14-20/h1-8,11-14,22,32,35H,9-10,15-16H2,(H,29,30)(H,28,31,33)/t22-/m1/s1. The number of ether oxygens (including phenoxy) is 1. The van der Waals surface area contributed by atoms with Crippen LogP contribution in [0.25, 0.3) is 33.4 Å². The zero-order chi connectivity index (χ0) is 25.2. The topological polar surface area (TPSA) is 132 Å². The molecule has 1 saturated heterocycles. The molecule has 1 amide bonds. The number of amides is 1. The number of aromatic nitrogens is 5. The number of fused-ring (bicyclic) bond motifs is 1. The second-order valence-electron chi connectivity index (χ2n) is 8.85. The lowest BCUT2D eigenvalue weighted by Crippen LogP contribution is -2.50. The summed E-state index contributed by atoms with van der Waals surface area (Å²) in [6.07, 6.45) is 5.35. The third kappa shape index (κ3) is 4.67. The van der Waals surface area contributed by atoms with Crippen molar-refractivity contribution in [1.82, 2.24) is 30.0 Å². The monoisotopic (exact) mass is 495 g/mol. The summed E-state index contributed by atoms with van der Waals surface area (Å²) in [5.74, 6) is 1.09. The van der Waals surface area contributed by atoms with Gasteiger partial charge in [-0.25, -0.2) is 9.97 Å². The minimum absolute atomic E-state index is 0.133. The van der Waals surface area contributed by atoms with Gasteiger partial charge in [0.05, 0.1) is 32.1 Å². The summed E-state index contributed by atoms with van der Waals surface area (Å²) in [6, 6.07) is 17.1. The Balaban J connectivity index is 1.21. The van der Waals surface area contributed by atoms with Gasteiger partial charge in [0, 0.05) is 46.7 Å². The summed E-state index contributed by atoms with van der Waals surface area (Å²) >= 11 is 0. The second kappa shape index (κ2) is 9.84. The number of aromatic amines is 2. The van der Waals surface area contributed by atoms with E-state index in [2.05, 4.69) is 30.5 Å². The highest BCUT2D eigenvalue weighted by molar-refractivity contribution is 5.99. The summed E-state index contributed by atoms with van der Waals surface area (Å²) in [5.41, 5.74) is 5.11. The van der Waals surface area contributed by atoms with Crippen molar-refractivity contribution >= 4 is 28.3 Å². The highest BCUT2D eigenvalue weighted by atomic mass is 16.5. The van der Waals surface area contributed by atoms with Gasteiger partial charge in [-0.05, 0) is 35.9 Å². The first-order valence-electron chi connectivity index (χ1n) is 12.0. The third-order valence-electron chi connectivity index (χ3n) is 6.45. The minimum atomic E-state index is -0.339. The van der Waals surface area contributed by atoms with Gasteiger partial charge in [-0.3, -0.25) is 9.89 Å². The molecule has 6 rings (SSSR count). The summed E-state index contributed by atoms with van der Waals surface area (Å²) < 4.78 is 5.39. The van der Waals surface area contributed by atoms with E-state index in [0.717, 1.165) is 33.3 Å². The Morgan fingerprint density at radius 1 is 1.11 bits per heavy atom. The van der Waals surface area contributed by atoms with E-state index in [9.17, 15) is 9.90 Å². The molecule has 1 atom stereocenters. The average molecular weight is 496 g/mol. The first-order chi connectivity index (χ1) is 18.2. The predicted molar refractivity (Wildman–Crippen MR) is 139 cm³/mol. The zero-order valence-electron chi connectivity index (χ0n) is 19.9. The largest absolute Gasteiger partial charge is 0.394 e. The van der Waals surface area contributed by atoms with Gasteiger partial charge in [0.2, 0.25) is 0 Å². The molecule has 5 aromatic rings. The number of aliphatic hydroxyl groups is 1. The fourth-order valence-corrected chi connectivity index (χ4v) is 4.48. The van der Waals surface area contributed by atoms with E-state index < -0.39 is 0 Å². The van der Waals surface area contributed by atoms with Crippen molar-refractivity contribution in [2.24, 2.45) is 0 Å². The smallest absolute Gasteiger partial charge is 0.270 e. The fourth-order valence-electron chi connectivity index (χ4n) is 4.48. The molecule has 0 aliphatic carbocycles. The molecule has 10 heteroatoms. The van der Waals surface area contributed by atoms with Gasteiger partial charge < -0.3 is 25.0 Å². The number of carbonyl (C=O) groups excluding carboxylic acids is 1. The van der Waals surface area contributed by atoms with E-state index in [1.54, 1.807) is 17.3 Å². The van der Waals surface area contributed by atoms with Crippen LogP contribution in [-0.4, -0.2) is 73.5 Å². The average Bonchev–Trinajstić information content (AvgIpc) is 3.63. The van der Waals surface area contributed by atoms with Gasteiger partial charge in [0.15, 0.2) is 5.82 Å². The SMILES string of the molecule is O=C(c1cc2ccc(-c3nccc(Nc4ccc(-c5cn[nH]c5)cc4)n3)cc2[nH]1)N1CCOC[C@H]1CO. The molecule has 0 bridgehead atoms. The van der Waals surface area contributed by atoms with Gasteiger partial charge in [-0.2, -0.15) is 5.10 Å². The van der Waals surface area contributed by atoms with Gasteiger partial charge in [0.25, 0.3) is 5.91 Å². The van der Waals surface area contributed by atoms with Crippen molar-refractivity contribution in [3.63, 3.8) is 0 Å². The maximum absolute atomic E-state index is 13.1. The normalized spacial score (nSPS) is 15.7. The first kappa shape index (κ1) is 22.9. The molecule has 1 aliphatic heterocycles. The van der Waals surface area contributed by atoms with Crippen LogP contribution in [0.1, 0.15) is 10.5 Å². The lowest BCUT2D eigenvalue weighted by Gasteiger charge is -2.34. The van der Waals surface area contributed by atoms with Gasteiger partial charge in [-0.15, -0.1) is 0 Å². The van der Waals surface area contributed by atoms with Crippen LogP contribution in [0.4, 0.5) is 11.5 Å². The number of benzene rings is 2. The fraction of sp³-hybridized carbons (Fsp3) is 0.185.